The molecule has 0 saturated carbocycles. The Bertz CT molecular complexity index is 556. The Labute approximate surface area is 113 Å². The Balaban J connectivity index is 2.06. The number of aromatic amines is 1. The van der Waals surface area contributed by atoms with Crippen LogP contribution in [0.2, 0.25) is 0 Å². The maximum atomic E-state index is 9.88. The third-order valence-electron chi connectivity index (χ3n) is 3.54. The van der Waals surface area contributed by atoms with Crippen molar-refractivity contribution < 1.29 is 10.0 Å². The average molecular weight is 260 g/mol. The first kappa shape index (κ1) is 13.6. The number of rotatable bonds is 6. The lowest BCUT2D eigenvalue weighted by Gasteiger charge is -2.13. The highest BCUT2D eigenvalue weighted by Crippen LogP contribution is 2.24. The molecule has 2 aromatic rings. The van der Waals surface area contributed by atoms with Gasteiger partial charge >= 0.3 is 0 Å². The van der Waals surface area contributed by atoms with Crippen LogP contribution in [0.1, 0.15) is 19.4 Å². The summed E-state index contributed by atoms with van der Waals surface area (Å²) < 4.78 is 0. The summed E-state index contributed by atoms with van der Waals surface area (Å²) in [5.74, 6) is 0.195. The number of likely N-dealkylation sites (N-methyl/N-ethyl adjacent to an activating group) is 1. The zero-order valence-electron chi connectivity index (χ0n) is 11.6. The summed E-state index contributed by atoms with van der Waals surface area (Å²) >= 11 is 0. The molecule has 0 amide bonds. The smallest absolute Gasteiger partial charge is 0.198 e. The molecule has 1 aromatic carbocycles. The molecular weight excluding hydrogens is 238 g/mol. The molecule has 0 fully saturated rings. The summed E-state index contributed by atoms with van der Waals surface area (Å²) in [5, 5.41) is 10.9. The minimum absolute atomic E-state index is 0.195. The third-order valence-corrected chi connectivity index (χ3v) is 3.54. The van der Waals surface area contributed by atoms with E-state index >= 15 is 0 Å². The van der Waals surface area contributed by atoms with Crippen molar-refractivity contribution in [3.8, 4) is 5.88 Å². The van der Waals surface area contributed by atoms with E-state index in [4.69, 9.17) is 0 Å². The number of hydrogen-bond acceptors (Lipinski definition) is 2. The van der Waals surface area contributed by atoms with E-state index in [1.54, 1.807) is 11.1 Å². The maximum Gasteiger partial charge on any atom is 0.198 e. The summed E-state index contributed by atoms with van der Waals surface area (Å²) in [6, 6.07) is 7.85. The highest BCUT2D eigenvalue weighted by atomic mass is 16.3. The van der Waals surface area contributed by atoms with Gasteiger partial charge in [0.05, 0.1) is 31.7 Å². The molecule has 0 saturated heterocycles. The molecule has 0 aliphatic heterocycles. The normalized spacial score (nSPS) is 11.9. The SMILES string of the molecule is CC[NH+](CC)CCN=Cc1c(O)[nH]c2ccccc12. The number of benzene rings is 1. The average Bonchev–Trinajstić information content (AvgIpc) is 2.75. The van der Waals surface area contributed by atoms with E-state index in [1.807, 2.05) is 24.3 Å². The van der Waals surface area contributed by atoms with Gasteiger partial charge in [0.2, 0.25) is 0 Å². The summed E-state index contributed by atoms with van der Waals surface area (Å²) in [6.45, 7) is 8.46. The van der Waals surface area contributed by atoms with E-state index in [9.17, 15) is 5.11 Å². The van der Waals surface area contributed by atoms with Gasteiger partial charge in [0, 0.05) is 17.1 Å². The van der Waals surface area contributed by atoms with Gasteiger partial charge < -0.3 is 15.0 Å². The van der Waals surface area contributed by atoms with Gasteiger partial charge in [0.25, 0.3) is 0 Å². The van der Waals surface area contributed by atoms with Gasteiger partial charge in [-0.15, -0.1) is 0 Å². The highest BCUT2D eigenvalue weighted by Gasteiger charge is 2.07. The molecule has 3 N–H and O–H groups in total. The van der Waals surface area contributed by atoms with E-state index in [1.165, 1.54) is 0 Å². The minimum Gasteiger partial charge on any atom is -0.494 e. The Morgan fingerprint density at radius 1 is 1.26 bits per heavy atom. The molecule has 0 unspecified atom stereocenters. The number of fused-ring (bicyclic) bond motifs is 1. The van der Waals surface area contributed by atoms with Crippen LogP contribution in [0.3, 0.4) is 0 Å². The monoisotopic (exact) mass is 260 g/mol. The second-order valence-corrected chi connectivity index (χ2v) is 4.68. The van der Waals surface area contributed by atoms with Gasteiger partial charge in [0.1, 0.15) is 0 Å². The summed E-state index contributed by atoms with van der Waals surface area (Å²) in [4.78, 5) is 8.93. The van der Waals surface area contributed by atoms with E-state index in [0.717, 1.165) is 42.6 Å². The first-order chi connectivity index (χ1) is 9.26. The van der Waals surface area contributed by atoms with Crippen LogP contribution in [0.4, 0.5) is 0 Å². The summed E-state index contributed by atoms with van der Waals surface area (Å²) in [7, 11) is 0. The molecule has 0 atom stereocenters. The van der Waals surface area contributed by atoms with Crippen LogP contribution >= 0.6 is 0 Å². The topological polar surface area (TPSA) is 52.8 Å². The molecular formula is C15H22N3O+. The quantitative estimate of drug-likeness (QED) is 0.672. The largest absolute Gasteiger partial charge is 0.494 e. The molecule has 19 heavy (non-hydrogen) atoms. The molecule has 0 aliphatic carbocycles. The Morgan fingerprint density at radius 3 is 2.74 bits per heavy atom. The molecule has 1 heterocycles. The lowest BCUT2D eigenvalue weighted by atomic mass is 10.2. The molecule has 102 valence electrons. The molecule has 0 spiro atoms. The van der Waals surface area contributed by atoms with Crippen LogP contribution in [0.25, 0.3) is 10.9 Å². The standard InChI is InChI=1S/C15H21N3O/c1-3-18(4-2)10-9-16-11-13-12-7-5-6-8-14(12)17-15(13)19/h5-8,11,17,19H,3-4,9-10H2,1-2H3/p+1. The fourth-order valence-electron chi connectivity index (χ4n) is 2.26. The van der Waals surface area contributed by atoms with Gasteiger partial charge in [-0.3, -0.25) is 4.99 Å². The number of hydrogen-bond donors (Lipinski definition) is 3. The van der Waals surface area contributed by atoms with Crippen molar-refractivity contribution in [2.24, 2.45) is 4.99 Å². The Morgan fingerprint density at radius 2 is 2.00 bits per heavy atom. The third kappa shape index (κ3) is 3.15. The van der Waals surface area contributed by atoms with Crippen molar-refractivity contribution in [1.82, 2.24) is 4.98 Å². The van der Waals surface area contributed by atoms with Crippen LogP contribution in [-0.4, -0.2) is 42.5 Å². The van der Waals surface area contributed by atoms with Crippen molar-refractivity contribution in [2.75, 3.05) is 26.2 Å². The van der Waals surface area contributed by atoms with E-state index in [0.29, 0.717) is 0 Å². The molecule has 0 radical (unpaired) electrons. The molecule has 4 heteroatoms. The first-order valence-electron chi connectivity index (χ1n) is 6.89. The zero-order valence-corrected chi connectivity index (χ0v) is 11.6. The molecule has 0 bridgehead atoms. The number of quaternary nitrogens is 1. The van der Waals surface area contributed by atoms with Gasteiger partial charge in [-0.2, -0.15) is 0 Å². The number of para-hydroxylation sites is 1. The van der Waals surface area contributed by atoms with E-state index < -0.39 is 0 Å². The number of nitrogens with one attached hydrogen (secondary N) is 2. The predicted octanol–water partition coefficient (Wildman–Crippen LogP) is 1.22. The molecule has 0 aliphatic rings. The second kappa shape index (κ2) is 6.38. The van der Waals surface area contributed by atoms with Crippen molar-refractivity contribution in [3.63, 3.8) is 0 Å². The summed E-state index contributed by atoms with van der Waals surface area (Å²) in [5.41, 5.74) is 1.72. The minimum atomic E-state index is 0.195. The Kier molecular flexibility index (Phi) is 4.58. The lowest BCUT2D eigenvalue weighted by molar-refractivity contribution is -0.894. The molecule has 2 rings (SSSR count). The zero-order chi connectivity index (χ0) is 13.7. The fraction of sp³-hybridized carbons (Fsp3) is 0.400. The van der Waals surface area contributed by atoms with Crippen LogP contribution in [0.5, 0.6) is 5.88 Å². The van der Waals surface area contributed by atoms with Gasteiger partial charge in [-0.25, -0.2) is 0 Å². The van der Waals surface area contributed by atoms with Crippen LogP contribution in [0.15, 0.2) is 29.3 Å². The van der Waals surface area contributed by atoms with Gasteiger partial charge in [0.15, 0.2) is 5.88 Å². The predicted molar refractivity (Wildman–Crippen MR) is 79.3 cm³/mol. The number of aromatic hydroxyl groups is 1. The van der Waals surface area contributed by atoms with Crippen LogP contribution in [0, 0.1) is 0 Å². The second-order valence-electron chi connectivity index (χ2n) is 4.68. The summed E-state index contributed by atoms with van der Waals surface area (Å²) in [6.07, 6.45) is 1.77. The number of aromatic nitrogens is 1. The van der Waals surface area contributed by atoms with E-state index in [-0.39, 0.29) is 5.88 Å². The van der Waals surface area contributed by atoms with Crippen molar-refractivity contribution >= 4 is 17.1 Å². The maximum absolute atomic E-state index is 9.88. The lowest BCUT2D eigenvalue weighted by Crippen LogP contribution is -3.11. The van der Waals surface area contributed by atoms with E-state index in [2.05, 4.69) is 23.8 Å². The van der Waals surface area contributed by atoms with Gasteiger partial charge in [-0.1, -0.05) is 18.2 Å². The van der Waals surface area contributed by atoms with Crippen LogP contribution in [-0.2, 0) is 0 Å². The highest BCUT2D eigenvalue weighted by molar-refractivity contribution is 6.01. The first-order valence-corrected chi connectivity index (χ1v) is 6.89. The number of aliphatic imine (C=N–C) groups is 1. The molecule has 4 nitrogen and oxygen atoms in total. The Hall–Kier alpha value is -1.81. The number of nitrogens with zero attached hydrogens (tertiary/aromatic N) is 1. The van der Waals surface area contributed by atoms with Crippen molar-refractivity contribution in [2.45, 2.75) is 13.8 Å². The van der Waals surface area contributed by atoms with Crippen LogP contribution < -0.4 is 4.90 Å². The number of H-pyrrole nitrogens is 1. The fourth-order valence-corrected chi connectivity index (χ4v) is 2.26. The van der Waals surface area contributed by atoms with Crippen molar-refractivity contribution in [3.05, 3.63) is 29.8 Å². The van der Waals surface area contributed by atoms with Gasteiger partial charge in [-0.05, 0) is 19.9 Å². The van der Waals surface area contributed by atoms with Crippen molar-refractivity contribution in [1.29, 1.82) is 0 Å². The molecule has 1 aromatic heterocycles.